The van der Waals surface area contributed by atoms with Crippen LogP contribution in [-0.4, -0.2) is 63.4 Å². The average molecular weight is 688 g/mol. The molecule has 0 spiro atoms. The second-order valence-electron chi connectivity index (χ2n) is 12.7. The van der Waals surface area contributed by atoms with Crippen LogP contribution in [0.2, 0.25) is 5.02 Å². The number of benzene rings is 3. The van der Waals surface area contributed by atoms with Gasteiger partial charge >= 0.3 is 5.97 Å². The van der Waals surface area contributed by atoms with Gasteiger partial charge in [0.25, 0.3) is 11.8 Å². The van der Waals surface area contributed by atoms with Crippen LogP contribution in [0.5, 0.6) is 11.5 Å². The molecule has 6 atom stereocenters. The molecule has 7 rings (SSSR count). The summed E-state index contributed by atoms with van der Waals surface area (Å²) in [6, 6.07) is 16.3. The number of hydrazine groups is 1. The SMILES string of the molecule is COc1cccc(O)c1C1C2=CCC3C(=O)N(CCC(=O)O)C(=O)C3C2CC2C(=O)N(Nc3ccc(F)cc3)C(=O)C21c1ccc(Cl)cc1. The van der Waals surface area contributed by atoms with Crippen LogP contribution in [0.3, 0.4) is 0 Å². The molecule has 2 aliphatic heterocycles. The van der Waals surface area contributed by atoms with Crippen LogP contribution < -0.4 is 10.2 Å². The van der Waals surface area contributed by atoms with E-state index in [0.717, 1.165) is 9.91 Å². The van der Waals surface area contributed by atoms with E-state index in [0.29, 0.717) is 16.2 Å². The van der Waals surface area contributed by atoms with Gasteiger partial charge in [0, 0.05) is 23.0 Å². The lowest BCUT2D eigenvalue weighted by Crippen LogP contribution is -2.53. The third-order valence-corrected chi connectivity index (χ3v) is 10.7. The fourth-order valence-electron chi connectivity index (χ4n) is 8.46. The molecule has 2 heterocycles. The van der Waals surface area contributed by atoms with E-state index in [-0.39, 0.29) is 42.1 Å². The number of nitrogens with zero attached hydrogens (tertiary/aromatic N) is 2. The van der Waals surface area contributed by atoms with Gasteiger partial charge in [0.1, 0.15) is 17.3 Å². The Hall–Kier alpha value is -5.23. The summed E-state index contributed by atoms with van der Waals surface area (Å²) < 4.78 is 19.5. The number of imide groups is 2. The second kappa shape index (κ2) is 12.0. The maximum atomic E-state index is 15.1. The number of phenols is 1. The number of methoxy groups -OCH3 is 1. The standard InChI is InChI=1S/C36H31ClFN3O8/c1-49-27-4-2-3-26(42)30(27)31-22-13-14-23-29(34(47)40(32(23)45)16-15-28(43)44)24(22)17-25-33(46)41(39-21-11-9-20(38)10-12-21)35(48)36(25,31)18-5-7-19(37)8-6-18/h2-13,23-25,29,31,39,42H,14-17H2,1H3,(H,43,44). The topological polar surface area (TPSA) is 154 Å². The molecule has 0 aromatic heterocycles. The molecule has 11 nitrogen and oxygen atoms in total. The van der Waals surface area contributed by atoms with Crippen LogP contribution in [0.25, 0.3) is 0 Å². The summed E-state index contributed by atoms with van der Waals surface area (Å²) in [6.07, 6.45) is 1.51. The van der Waals surface area contributed by atoms with Crippen LogP contribution in [0.15, 0.2) is 78.4 Å². The zero-order valence-corrected chi connectivity index (χ0v) is 26.9. The van der Waals surface area contributed by atoms with Crippen molar-refractivity contribution in [2.24, 2.45) is 23.7 Å². The number of hydrogen-bond donors (Lipinski definition) is 3. The molecule has 13 heteroatoms. The minimum atomic E-state index is -1.70. The van der Waals surface area contributed by atoms with Crippen LogP contribution in [-0.2, 0) is 29.4 Å². The molecule has 3 aromatic carbocycles. The molecule has 3 fully saturated rings. The number of carboxylic acid groups (broad SMARTS) is 1. The molecule has 0 radical (unpaired) electrons. The summed E-state index contributed by atoms with van der Waals surface area (Å²) in [4.78, 5) is 69.7. The molecule has 0 bridgehead atoms. The molecule has 6 unspecified atom stereocenters. The minimum absolute atomic E-state index is 0.0139. The number of rotatable bonds is 8. The number of carboxylic acids is 1. The van der Waals surface area contributed by atoms with E-state index in [1.54, 1.807) is 36.4 Å². The number of aromatic hydroxyl groups is 1. The number of carbonyl (C=O) groups excluding carboxylic acids is 4. The fraction of sp³-hybridized carbons (Fsp3) is 0.306. The molecule has 3 aromatic rings. The predicted octanol–water partition coefficient (Wildman–Crippen LogP) is 4.65. The van der Waals surface area contributed by atoms with Crippen molar-refractivity contribution in [3.05, 3.63) is 100 Å². The number of fused-ring (bicyclic) bond motifs is 4. The zero-order valence-electron chi connectivity index (χ0n) is 26.1. The molecule has 4 aliphatic rings. The van der Waals surface area contributed by atoms with Crippen molar-refractivity contribution < 1.29 is 43.3 Å². The first-order valence-electron chi connectivity index (χ1n) is 15.8. The van der Waals surface area contributed by atoms with Crippen molar-refractivity contribution in [1.29, 1.82) is 0 Å². The van der Waals surface area contributed by atoms with E-state index in [1.807, 2.05) is 6.08 Å². The van der Waals surface area contributed by atoms with E-state index in [9.17, 15) is 33.8 Å². The van der Waals surface area contributed by atoms with Gasteiger partial charge < -0.3 is 14.9 Å². The van der Waals surface area contributed by atoms with Crippen molar-refractivity contribution in [3.8, 4) is 11.5 Å². The molecule has 2 aliphatic carbocycles. The number of amides is 4. The minimum Gasteiger partial charge on any atom is -0.508 e. The van der Waals surface area contributed by atoms with Crippen molar-refractivity contribution in [3.63, 3.8) is 0 Å². The first-order valence-corrected chi connectivity index (χ1v) is 16.2. The summed E-state index contributed by atoms with van der Waals surface area (Å²) in [5, 5.41) is 22.1. The summed E-state index contributed by atoms with van der Waals surface area (Å²) >= 11 is 6.30. The Morgan fingerprint density at radius 2 is 1.71 bits per heavy atom. The molecular formula is C36H31ClFN3O8. The highest BCUT2D eigenvalue weighted by Gasteiger charge is 2.71. The Balaban J connectivity index is 1.46. The first kappa shape index (κ1) is 32.3. The van der Waals surface area contributed by atoms with Crippen LogP contribution in [0, 0.1) is 29.5 Å². The number of nitrogens with one attached hydrogen (secondary N) is 1. The third-order valence-electron chi connectivity index (χ3n) is 10.4. The highest BCUT2D eigenvalue weighted by molar-refractivity contribution is 6.30. The Morgan fingerprint density at radius 1 is 1.00 bits per heavy atom. The van der Waals surface area contributed by atoms with E-state index in [4.69, 9.17) is 16.3 Å². The van der Waals surface area contributed by atoms with Gasteiger partial charge in [-0.2, -0.15) is 5.01 Å². The number of aliphatic carboxylic acids is 1. The normalized spacial score (nSPS) is 27.4. The summed E-state index contributed by atoms with van der Waals surface area (Å²) in [5.74, 6) is -8.56. The summed E-state index contributed by atoms with van der Waals surface area (Å²) in [7, 11) is 1.42. The Kier molecular flexibility index (Phi) is 7.93. The third kappa shape index (κ3) is 4.87. The maximum absolute atomic E-state index is 15.1. The number of allylic oxidation sites excluding steroid dienone is 2. The summed E-state index contributed by atoms with van der Waals surface area (Å²) in [6.45, 7) is -0.288. The Bertz CT molecular complexity index is 1930. The summed E-state index contributed by atoms with van der Waals surface area (Å²) in [5.41, 5.74) is 2.67. The lowest BCUT2D eigenvalue weighted by atomic mass is 9.49. The predicted molar refractivity (Wildman–Crippen MR) is 173 cm³/mol. The van der Waals surface area contributed by atoms with Gasteiger partial charge in [-0.3, -0.25) is 34.3 Å². The number of ether oxygens (including phenoxy) is 1. The van der Waals surface area contributed by atoms with E-state index >= 15 is 4.79 Å². The number of phenolic OH excluding ortho intramolecular Hbond substituents is 1. The zero-order chi connectivity index (χ0) is 34.8. The fourth-order valence-corrected chi connectivity index (χ4v) is 8.59. The number of anilines is 1. The number of hydrogen-bond acceptors (Lipinski definition) is 8. The maximum Gasteiger partial charge on any atom is 0.305 e. The monoisotopic (exact) mass is 687 g/mol. The van der Waals surface area contributed by atoms with Gasteiger partial charge in [-0.15, -0.1) is 0 Å². The van der Waals surface area contributed by atoms with E-state index in [1.165, 1.54) is 37.4 Å². The van der Waals surface area contributed by atoms with Gasteiger partial charge in [0.05, 0.1) is 42.4 Å². The van der Waals surface area contributed by atoms with Crippen molar-refractivity contribution in [2.45, 2.75) is 30.6 Å². The quantitative estimate of drug-likeness (QED) is 0.227. The average Bonchev–Trinajstić information content (AvgIpc) is 3.45. The molecule has 252 valence electrons. The lowest BCUT2D eigenvalue weighted by Gasteiger charge is -2.50. The number of likely N-dealkylation sites (tertiary alicyclic amines) is 1. The van der Waals surface area contributed by atoms with Crippen LogP contribution >= 0.6 is 11.6 Å². The van der Waals surface area contributed by atoms with Gasteiger partial charge in [-0.1, -0.05) is 41.4 Å². The van der Waals surface area contributed by atoms with Gasteiger partial charge in [0.15, 0.2) is 0 Å². The number of halogens is 2. The molecule has 2 saturated heterocycles. The highest BCUT2D eigenvalue weighted by Crippen LogP contribution is 2.65. The van der Waals surface area contributed by atoms with Gasteiger partial charge in [0.2, 0.25) is 11.8 Å². The molecule has 4 amide bonds. The molecular weight excluding hydrogens is 657 g/mol. The second-order valence-corrected chi connectivity index (χ2v) is 13.2. The first-order chi connectivity index (χ1) is 23.5. The van der Waals surface area contributed by atoms with Crippen molar-refractivity contribution in [2.75, 3.05) is 19.1 Å². The smallest absolute Gasteiger partial charge is 0.305 e. The number of carbonyl (C=O) groups is 5. The van der Waals surface area contributed by atoms with Crippen LogP contribution in [0.1, 0.15) is 36.3 Å². The van der Waals surface area contributed by atoms with Crippen LogP contribution in [0.4, 0.5) is 10.1 Å². The van der Waals surface area contributed by atoms with Crippen molar-refractivity contribution in [1.82, 2.24) is 9.91 Å². The lowest BCUT2D eigenvalue weighted by molar-refractivity contribution is -0.143. The van der Waals surface area contributed by atoms with E-state index < -0.39 is 76.8 Å². The highest BCUT2D eigenvalue weighted by atomic mass is 35.5. The molecule has 3 N–H and O–H groups in total. The molecule has 49 heavy (non-hydrogen) atoms. The largest absolute Gasteiger partial charge is 0.508 e. The van der Waals surface area contributed by atoms with Gasteiger partial charge in [-0.25, -0.2) is 4.39 Å². The molecule has 1 saturated carbocycles. The van der Waals surface area contributed by atoms with Gasteiger partial charge in [-0.05, 0) is 72.9 Å². The Morgan fingerprint density at radius 3 is 2.39 bits per heavy atom. The van der Waals surface area contributed by atoms with E-state index in [2.05, 4.69) is 5.43 Å². The Labute approximate surface area is 284 Å². The van der Waals surface area contributed by atoms with Crippen molar-refractivity contribution >= 4 is 46.9 Å².